The van der Waals surface area contributed by atoms with Gasteiger partial charge in [0.25, 0.3) is 5.91 Å². The lowest BCUT2D eigenvalue weighted by molar-refractivity contribution is 0.0941. The Bertz CT molecular complexity index is 943. The second-order valence-electron chi connectivity index (χ2n) is 7.39. The fourth-order valence-electron chi connectivity index (χ4n) is 3.01. The number of benzene rings is 2. The lowest BCUT2D eigenvalue weighted by Crippen LogP contribution is -2.35. The lowest BCUT2D eigenvalue weighted by atomic mass is 10.0. The smallest absolute Gasteiger partial charge is 0.251 e. The Labute approximate surface area is 179 Å². The maximum absolute atomic E-state index is 12.6. The molecule has 0 fully saturated rings. The van der Waals surface area contributed by atoms with E-state index in [1.54, 1.807) is 7.11 Å². The molecule has 0 aliphatic heterocycles. The van der Waals surface area contributed by atoms with Gasteiger partial charge in [0.1, 0.15) is 5.75 Å². The summed E-state index contributed by atoms with van der Waals surface area (Å²) in [7, 11) is 1.90. The van der Waals surface area contributed by atoms with Gasteiger partial charge in [-0.05, 0) is 57.8 Å². The minimum Gasteiger partial charge on any atom is -0.496 e. The van der Waals surface area contributed by atoms with Crippen molar-refractivity contribution in [3.63, 3.8) is 0 Å². The average Bonchev–Trinajstić information content (AvgIpc) is 2.73. The van der Waals surface area contributed by atoms with E-state index >= 15 is 0 Å². The van der Waals surface area contributed by atoms with Crippen LogP contribution in [-0.4, -0.2) is 53.0 Å². The molecule has 0 aliphatic rings. The third-order valence-electron chi connectivity index (χ3n) is 4.97. The zero-order chi connectivity index (χ0) is 22.3. The highest BCUT2D eigenvalue weighted by Crippen LogP contribution is 2.27. The number of carbonyl (C=O) groups is 1. The molecule has 7 nitrogen and oxygen atoms in total. The summed E-state index contributed by atoms with van der Waals surface area (Å²) in [5.41, 5.74) is 1.37. The molecule has 0 saturated heterocycles. The van der Waals surface area contributed by atoms with Crippen molar-refractivity contribution in [3.05, 3.63) is 59.7 Å². The summed E-state index contributed by atoms with van der Waals surface area (Å²) in [5, 5.41) is 2.93. The number of hydrogen-bond acceptors (Lipinski definition) is 5. The average molecular weight is 434 g/mol. The van der Waals surface area contributed by atoms with E-state index in [2.05, 4.69) is 10.0 Å². The van der Waals surface area contributed by atoms with Crippen LogP contribution in [-0.2, 0) is 10.0 Å². The third kappa shape index (κ3) is 6.04. The van der Waals surface area contributed by atoms with Crippen molar-refractivity contribution in [2.75, 3.05) is 27.7 Å². The molecule has 0 heterocycles. The molecule has 30 heavy (non-hydrogen) atoms. The van der Waals surface area contributed by atoms with E-state index in [0.29, 0.717) is 18.5 Å². The number of rotatable bonds is 10. The summed E-state index contributed by atoms with van der Waals surface area (Å²) in [6, 6.07) is 13.4. The molecule has 1 amide bonds. The first kappa shape index (κ1) is 23.9. The molecule has 2 atom stereocenters. The molecule has 2 rings (SSSR count). The molecule has 0 spiro atoms. The summed E-state index contributed by atoms with van der Waals surface area (Å²) in [6.45, 7) is 4.09. The second kappa shape index (κ2) is 10.6. The molecule has 0 radical (unpaired) electrons. The predicted octanol–water partition coefficient (Wildman–Crippen LogP) is 2.80. The number of hydrogen-bond donors (Lipinski definition) is 2. The number of amides is 1. The number of likely N-dealkylation sites (N-methyl/N-ethyl adjacent to an activating group) is 1. The van der Waals surface area contributed by atoms with Gasteiger partial charge < -0.3 is 15.0 Å². The lowest BCUT2D eigenvalue weighted by Gasteiger charge is -2.26. The largest absolute Gasteiger partial charge is 0.496 e. The quantitative estimate of drug-likeness (QED) is 0.602. The first-order valence-corrected chi connectivity index (χ1v) is 11.4. The second-order valence-corrected chi connectivity index (χ2v) is 9.10. The molecule has 0 aromatic heterocycles. The van der Waals surface area contributed by atoms with Crippen LogP contribution in [0.15, 0.2) is 53.4 Å². The Hall–Kier alpha value is -2.42. The van der Waals surface area contributed by atoms with E-state index in [0.717, 1.165) is 11.3 Å². The van der Waals surface area contributed by atoms with Gasteiger partial charge >= 0.3 is 0 Å². The number of nitrogens with zero attached hydrogens (tertiary/aromatic N) is 1. The van der Waals surface area contributed by atoms with Gasteiger partial charge in [0.2, 0.25) is 10.0 Å². The highest BCUT2D eigenvalue weighted by atomic mass is 32.2. The maximum atomic E-state index is 12.6. The van der Waals surface area contributed by atoms with Crippen LogP contribution in [0.3, 0.4) is 0 Å². The molecule has 0 bridgehead atoms. The van der Waals surface area contributed by atoms with Gasteiger partial charge in [-0.15, -0.1) is 0 Å². The van der Waals surface area contributed by atoms with Crippen LogP contribution in [0.1, 0.15) is 42.2 Å². The number of sulfonamides is 1. The summed E-state index contributed by atoms with van der Waals surface area (Å²) in [5.74, 6) is 0.490. The fraction of sp³-hybridized carbons (Fsp3) is 0.409. The Morgan fingerprint density at radius 2 is 1.73 bits per heavy atom. The molecule has 2 N–H and O–H groups in total. The van der Waals surface area contributed by atoms with E-state index in [-0.39, 0.29) is 22.9 Å². The minimum absolute atomic E-state index is 0.0792. The molecule has 2 unspecified atom stereocenters. The van der Waals surface area contributed by atoms with Crippen LogP contribution in [0.25, 0.3) is 0 Å². The van der Waals surface area contributed by atoms with Gasteiger partial charge in [-0.25, -0.2) is 13.1 Å². The fourth-order valence-corrected chi connectivity index (χ4v) is 4.33. The zero-order valence-corrected chi connectivity index (χ0v) is 19.0. The molecule has 2 aromatic carbocycles. The standard InChI is InChI=1S/C22H31N3O4S/c1-6-16(2)24-30(27,28)18-13-11-17(12-14-18)22(26)23-15-20(25(3)4)19-9-7-8-10-21(19)29-5/h7-14,16,20,24H,6,15H2,1-5H3,(H,23,26). The Balaban J connectivity index is 2.10. The Kier molecular flexibility index (Phi) is 8.40. The van der Waals surface area contributed by atoms with Crippen LogP contribution < -0.4 is 14.8 Å². The van der Waals surface area contributed by atoms with Crippen molar-refractivity contribution in [1.29, 1.82) is 0 Å². The number of nitrogens with one attached hydrogen (secondary N) is 2. The molecule has 0 saturated carbocycles. The number of para-hydroxylation sites is 1. The van der Waals surface area contributed by atoms with Crippen molar-refractivity contribution in [3.8, 4) is 5.75 Å². The summed E-state index contributed by atoms with van der Waals surface area (Å²) in [4.78, 5) is 14.8. The number of methoxy groups -OCH3 is 1. The number of carbonyl (C=O) groups excluding carboxylic acids is 1. The van der Waals surface area contributed by atoms with Crippen LogP contribution in [0.2, 0.25) is 0 Å². The summed E-state index contributed by atoms with van der Waals surface area (Å²) >= 11 is 0. The summed E-state index contributed by atoms with van der Waals surface area (Å²) in [6.07, 6.45) is 0.693. The van der Waals surface area contributed by atoms with Crippen molar-refractivity contribution < 1.29 is 17.9 Å². The Morgan fingerprint density at radius 3 is 2.30 bits per heavy atom. The van der Waals surface area contributed by atoms with Crippen molar-refractivity contribution in [2.24, 2.45) is 0 Å². The van der Waals surface area contributed by atoms with Gasteiger partial charge in [-0.2, -0.15) is 0 Å². The molecule has 0 aliphatic carbocycles. The molecular weight excluding hydrogens is 402 g/mol. The van der Waals surface area contributed by atoms with Crippen LogP contribution in [0, 0.1) is 0 Å². The van der Waals surface area contributed by atoms with Crippen molar-refractivity contribution >= 4 is 15.9 Å². The first-order valence-electron chi connectivity index (χ1n) is 9.89. The normalized spacial score (nSPS) is 13.7. The molecule has 2 aromatic rings. The highest BCUT2D eigenvalue weighted by Gasteiger charge is 2.20. The number of ether oxygens (including phenoxy) is 1. The van der Waals surface area contributed by atoms with E-state index in [1.165, 1.54) is 24.3 Å². The van der Waals surface area contributed by atoms with Crippen LogP contribution >= 0.6 is 0 Å². The zero-order valence-electron chi connectivity index (χ0n) is 18.2. The van der Waals surface area contributed by atoms with Gasteiger partial charge in [0.05, 0.1) is 18.0 Å². The molecule has 164 valence electrons. The molecular formula is C22H31N3O4S. The van der Waals surface area contributed by atoms with Gasteiger partial charge in [-0.3, -0.25) is 4.79 Å². The van der Waals surface area contributed by atoms with E-state index in [4.69, 9.17) is 4.74 Å². The first-order chi connectivity index (χ1) is 14.2. The van der Waals surface area contributed by atoms with Crippen LogP contribution in [0.5, 0.6) is 5.75 Å². The predicted molar refractivity (Wildman–Crippen MR) is 118 cm³/mol. The topological polar surface area (TPSA) is 87.7 Å². The van der Waals surface area contributed by atoms with Gasteiger partial charge in [0.15, 0.2) is 0 Å². The third-order valence-corrected chi connectivity index (χ3v) is 6.58. The monoisotopic (exact) mass is 433 g/mol. The van der Waals surface area contributed by atoms with Crippen molar-refractivity contribution in [1.82, 2.24) is 14.9 Å². The minimum atomic E-state index is -3.60. The van der Waals surface area contributed by atoms with E-state index in [1.807, 2.05) is 57.1 Å². The van der Waals surface area contributed by atoms with E-state index < -0.39 is 10.0 Å². The SMILES string of the molecule is CCC(C)NS(=O)(=O)c1ccc(C(=O)NCC(c2ccccc2OC)N(C)C)cc1. The van der Waals surface area contributed by atoms with E-state index in [9.17, 15) is 13.2 Å². The van der Waals surface area contributed by atoms with Gasteiger partial charge in [0, 0.05) is 23.7 Å². The molecule has 8 heteroatoms. The highest BCUT2D eigenvalue weighted by molar-refractivity contribution is 7.89. The van der Waals surface area contributed by atoms with Crippen molar-refractivity contribution in [2.45, 2.75) is 37.2 Å². The Morgan fingerprint density at radius 1 is 1.10 bits per heavy atom. The summed E-state index contributed by atoms with van der Waals surface area (Å²) < 4.78 is 32.8. The van der Waals surface area contributed by atoms with Gasteiger partial charge in [-0.1, -0.05) is 25.1 Å². The maximum Gasteiger partial charge on any atom is 0.251 e. The van der Waals surface area contributed by atoms with Crippen LogP contribution in [0.4, 0.5) is 0 Å².